The zero-order valence-corrected chi connectivity index (χ0v) is 12.6. The number of hydrogen-bond donors (Lipinski definition) is 0. The summed E-state index contributed by atoms with van der Waals surface area (Å²) in [5, 5.41) is 0.778. The number of rotatable bonds is 5. The van der Waals surface area contributed by atoms with E-state index < -0.39 is 0 Å². The van der Waals surface area contributed by atoms with Gasteiger partial charge >= 0.3 is 0 Å². The highest BCUT2D eigenvalue weighted by Gasteiger charge is 2.17. The van der Waals surface area contributed by atoms with Crippen LogP contribution in [0.4, 0.5) is 0 Å². The Morgan fingerprint density at radius 2 is 1.84 bits per heavy atom. The molecule has 3 nitrogen and oxygen atoms in total. The van der Waals surface area contributed by atoms with Crippen molar-refractivity contribution in [1.82, 2.24) is 9.80 Å². The van der Waals surface area contributed by atoms with Crippen molar-refractivity contribution in [2.75, 3.05) is 39.8 Å². The van der Waals surface area contributed by atoms with Gasteiger partial charge in [-0.15, -0.1) is 0 Å². The van der Waals surface area contributed by atoms with Crippen molar-refractivity contribution in [3.8, 4) is 5.75 Å². The number of benzene rings is 1. The highest BCUT2D eigenvalue weighted by molar-refractivity contribution is 6.30. The second kappa shape index (κ2) is 7.13. The molecule has 0 unspecified atom stereocenters. The molecule has 1 fully saturated rings. The summed E-state index contributed by atoms with van der Waals surface area (Å²) in [6.45, 7) is 8.94. The van der Waals surface area contributed by atoms with Gasteiger partial charge in [-0.1, -0.05) is 18.5 Å². The highest BCUT2D eigenvalue weighted by Crippen LogP contribution is 2.24. The minimum Gasteiger partial charge on any atom is -0.496 e. The Morgan fingerprint density at radius 1 is 1.16 bits per heavy atom. The molecule has 1 aromatic rings. The summed E-state index contributed by atoms with van der Waals surface area (Å²) in [6.07, 6.45) is 1.24. The average Bonchev–Trinajstić information content (AvgIpc) is 2.42. The van der Waals surface area contributed by atoms with Gasteiger partial charge in [-0.3, -0.25) is 4.90 Å². The van der Waals surface area contributed by atoms with E-state index in [1.807, 2.05) is 18.2 Å². The maximum atomic E-state index is 6.07. The van der Waals surface area contributed by atoms with E-state index >= 15 is 0 Å². The summed E-state index contributed by atoms with van der Waals surface area (Å²) in [5.41, 5.74) is 1.18. The zero-order chi connectivity index (χ0) is 13.7. The van der Waals surface area contributed by atoms with Crippen LogP contribution in [0.25, 0.3) is 0 Å². The third-order valence-corrected chi connectivity index (χ3v) is 3.88. The van der Waals surface area contributed by atoms with Crippen LogP contribution in [-0.4, -0.2) is 49.6 Å². The first-order valence-electron chi connectivity index (χ1n) is 7.00. The van der Waals surface area contributed by atoms with Crippen LogP contribution in [0.3, 0.4) is 0 Å². The quantitative estimate of drug-likeness (QED) is 0.826. The fourth-order valence-electron chi connectivity index (χ4n) is 2.60. The highest BCUT2D eigenvalue weighted by atomic mass is 35.5. The molecule has 19 heavy (non-hydrogen) atoms. The molecule has 1 aromatic carbocycles. The third-order valence-electron chi connectivity index (χ3n) is 3.64. The van der Waals surface area contributed by atoms with E-state index in [0.717, 1.165) is 43.5 Å². The van der Waals surface area contributed by atoms with Gasteiger partial charge in [0, 0.05) is 43.3 Å². The smallest absolute Gasteiger partial charge is 0.123 e. The second-order valence-electron chi connectivity index (χ2n) is 5.07. The predicted molar refractivity (Wildman–Crippen MR) is 80.0 cm³/mol. The van der Waals surface area contributed by atoms with E-state index in [1.165, 1.54) is 18.5 Å². The first-order valence-corrected chi connectivity index (χ1v) is 7.38. The Labute approximate surface area is 121 Å². The van der Waals surface area contributed by atoms with Crippen molar-refractivity contribution in [3.05, 3.63) is 28.8 Å². The number of ether oxygens (including phenoxy) is 1. The molecule has 0 aliphatic carbocycles. The van der Waals surface area contributed by atoms with Crippen molar-refractivity contribution in [3.63, 3.8) is 0 Å². The van der Waals surface area contributed by atoms with Crippen LogP contribution in [0.2, 0.25) is 5.02 Å². The van der Waals surface area contributed by atoms with Crippen LogP contribution < -0.4 is 4.74 Å². The molecular weight excluding hydrogens is 260 g/mol. The minimum atomic E-state index is 0.778. The van der Waals surface area contributed by atoms with Gasteiger partial charge in [0.05, 0.1) is 7.11 Å². The molecule has 0 radical (unpaired) electrons. The Kier molecular flexibility index (Phi) is 5.49. The van der Waals surface area contributed by atoms with E-state index in [9.17, 15) is 0 Å². The second-order valence-corrected chi connectivity index (χ2v) is 5.51. The van der Waals surface area contributed by atoms with Gasteiger partial charge in [-0.2, -0.15) is 0 Å². The van der Waals surface area contributed by atoms with Crippen LogP contribution in [0.5, 0.6) is 5.75 Å². The number of nitrogens with zero attached hydrogens (tertiary/aromatic N) is 2. The molecule has 0 amide bonds. The average molecular weight is 283 g/mol. The molecule has 1 aliphatic heterocycles. The summed E-state index contributed by atoms with van der Waals surface area (Å²) in [7, 11) is 1.71. The predicted octanol–water partition coefficient (Wildman–Crippen LogP) is 2.88. The van der Waals surface area contributed by atoms with Gasteiger partial charge in [0.15, 0.2) is 0 Å². The van der Waals surface area contributed by atoms with Crippen molar-refractivity contribution >= 4 is 11.6 Å². The largest absolute Gasteiger partial charge is 0.496 e. The molecule has 106 valence electrons. The molecule has 1 heterocycles. The summed E-state index contributed by atoms with van der Waals surface area (Å²) in [5.74, 6) is 0.931. The topological polar surface area (TPSA) is 15.7 Å². The van der Waals surface area contributed by atoms with Crippen LogP contribution in [-0.2, 0) is 6.54 Å². The third kappa shape index (κ3) is 4.10. The molecule has 0 N–H and O–H groups in total. The molecular formula is C15H23ClN2O. The van der Waals surface area contributed by atoms with Crippen molar-refractivity contribution in [2.24, 2.45) is 0 Å². The molecule has 0 bridgehead atoms. The molecule has 0 saturated carbocycles. The summed E-state index contributed by atoms with van der Waals surface area (Å²) >= 11 is 6.07. The summed E-state index contributed by atoms with van der Waals surface area (Å²) in [6, 6.07) is 5.84. The lowest BCUT2D eigenvalue weighted by molar-refractivity contribution is 0.126. The molecule has 0 atom stereocenters. The van der Waals surface area contributed by atoms with Crippen LogP contribution in [0.15, 0.2) is 18.2 Å². The van der Waals surface area contributed by atoms with Gasteiger partial charge in [-0.05, 0) is 31.2 Å². The number of methoxy groups -OCH3 is 1. The lowest BCUT2D eigenvalue weighted by Gasteiger charge is -2.34. The van der Waals surface area contributed by atoms with Gasteiger partial charge in [0.2, 0.25) is 0 Å². The number of hydrogen-bond acceptors (Lipinski definition) is 3. The van der Waals surface area contributed by atoms with E-state index in [4.69, 9.17) is 16.3 Å². The van der Waals surface area contributed by atoms with Crippen molar-refractivity contribution < 1.29 is 4.74 Å². The van der Waals surface area contributed by atoms with E-state index in [-0.39, 0.29) is 0 Å². The maximum Gasteiger partial charge on any atom is 0.123 e. The number of halogens is 1. The van der Waals surface area contributed by atoms with Gasteiger partial charge in [-0.25, -0.2) is 0 Å². The van der Waals surface area contributed by atoms with Crippen molar-refractivity contribution in [1.29, 1.82) is 0 Å². The summed E-state index contributed by atoms with van der Waals surface area (Å²) in [4.78, 5) is 5.01. The zero-order valence-electron chi connectivity index (χ0n) is 11.9. The SMILES string of the molecule is CCCN1CCN(Cc2cc(Cl)ccc2OC)CC1. The Balaban J connectivity index is 1.93. The summed E-state index contributed by atoms with van der Waals surface area (Å²) < 4.78 is 5.41. The standard InChI is InChI=1S/C15H23ClN2O/c1-3-6-17-7-9-18(10-8-17)12-13-11-14(16)4-5-15(13)19-2/h4-5,11H,3,6-10,12H2,1-2H3. The van der Waals surface area contributed by atoms with Crippen LogP contribution >= 0.6 is 11.6 Å². The molecule has 0 aromatic heterocycles. The first kappa shape index (κ1) is 14.6. The Hall–Kier alpha value is -0.770. The fraction of sp³-hybridized carbons (Fsp3) is 0.600. The fourth-order valence-corrected chi connectivity index (χ4v) is 2.79. The Bertz CT molecular complexity index is 403. The van der Waals surface area contributed by atoms with Crippen LogP contribution in [0, 0.1) is 0 Å². The normalized spacial score (nSPS) is 17.6. The maximum absolute atomic E-state index is 6.07. The van der Waals surface area contributed by atoms with Crippen molar-refractivity contribution in [2.45, 2.75) is 19.9 Å². The number of piperazine rings is 1. The van der Waals surface area contributed by atoms with Gasteiger partial charge in [0.1, 0.15) is 5.75 Å². The molecule has 0 spiro atoms. The lowest BCUT2D eigenvalue weighted by atomic mass is 10.1. The molecule has 1 saturated heterocycles. The van der Waals surface area contributed by atoms with E-state index in [1.54, 1.807) is 7.11 Å². The monoisotopic (exact) mass is 282 g/mol. The molecule has 1 aliphatic rings. The molecule has 2 rings (SSSR count). The molecule has 4 heteroatoms. The Morgan fingerprint density at radius 3 is 2.47 bits per heavy atom. The van der Waals surface area contributed by atoms with Gasteiger partial charge in [0.25, 0.3) is 0 Å². The lowest BCUT2D eigenvalue weighted by Crippen LogP contribution is -2.46. The minimum absolute atomic E-state index is 0.778. The van der Waals surface area contributed by atoms with Crippen LogP contribution in [0.1, 0.15) is 18.9 Å². The van der Waals surface area contributed by atoms with E-state index in [0.29, 0.717) is 0 Å². The first-order chi connectivity index (χ1) is 9.22. The van der Waals surface area contributed by atoms with E-state index in [2.05, 4.69) is 16.7 Å². The van der Waals surface area contributed by atoms with Gasteiger partial charge < -0.3 is 9.64 Å².